The first-order chi connectivity index (χ1) is 12.8. The van der Waals surface area contributed by atoms with Crippen LogP contribution in [0.5, 0.6) is 0 Å². The normalized spacial score (nSPS) is 23.8. The molecule has 0 spiro atoms. The van der Waals surface area contributed by atoms with Gasteiger partial charge in [0.1, 0.15) is 0 Å². The van der Waals surface area contributed by atoms with Crippen molar-refractivity contribution >= 4 is 38.9 Å². The molecule has 4 rings (SSSR count). The molecule has 3 unspecified atom stereocenters. The van der Waals surface area contributed by atoms with E-state index in [9.17, 15) is 8.42 Å². The fraction of sp³-hybridized carbons (Fsp3) is 0.300. The number of anilines is 1. The van der Waals surface area contributed by atoms with Crippen molar-refractivity contribution in [3.63, 3.8) is 0 Å². The molecule has 3 atom stereocenters. The topological polar surface area (TPSA) is 49.4 Å². The average molecular weight is 423 g/mol. The molecule has 1 heterocycles. The number of benzene rings is 2. The maximum Gasteiger partial charge on any atom is 0.242 e. The van der Waals surface area contributed by atoms with E-state index in [4.69, 9.17) is 23.2 Å². The number of hydrogen-bond acceptors (Lipinski definition) is 3. The van der Waals surface area contributed by atoms with E-state index in [0.29, 0.717) is 14.9 Å². The fourth-order valence-electron chi connectivity index (χ4n) is 4.04. The molecule has 0 fully saturated rings. The number of allylic oxidation sites excluding steroid dienone is 2. The van der Waals surface area contributed by atoms with E-state index in [1.54, 1.807) is 26.2 Å². The third-order valence-corrected chi connectivity index (χ3v) is 7.89. The second kappa shape index (κ2) is 6.82. The number of nitrogens with zero attached hydrogens (tertiary/aromatic N) is 1. The molecule has 1 aliphatic carbocycles. The van der Waals surface area contributed by atoms with Gasteiger partial charge in [-0.15, -0.1) is 0 Å². The van der Waals surface area contributed by atoms with Crippen LogP contribution < -0.4 is 5.32 Å². The highest BCUT2D eigenvalue weighted by Gasteiger charge is 2.40. The van der Waals surface area contributed by atoms with Crippen LogP contribution in [0.25, 0.3) is 0 Å². The average Bonchev–Trinajstić information content (AvgIpc) is 3.11. The van der Waals surface area contributed by atoms with Gasteiger partial charge in [-0.25, -0.2) is 12.7 Å². The van der Waals surface area contributed by atoms with Gasteiger partial charge in [-0.2, -0.15) is 0 Å². The Balaban J connectivity index is 1.82. The molecule has 0 saturated heterocycles. The van der Waals surface area contributed by atoms with Gasteiger partial charge in [0, 0.05) is 41.3 Å². The lowest BCUT2D eigenvalue weighted by Gasteiger charge is -2.38. The molecule has 4 nitrogen and oxygen atoms in total. The summed E-state index contributed by atoms with van der Waals surface area (Å²) in [6.07, 6.45) is 5.19. The monoisotopic (exact) mass is 422 g/mol. The molecule has 0 bridgehead atoms. The van der Waals surface area contributed by atoms with Gasteiger partial charge in [0.25, 0.3) is 0 Å². The number of halogens is 2. The zero-order chi connectivity index (χ0) is 19.3. The number of sulfonamides is 1. The molecule has 2 aromatic carbocycles. The minimum absolute atomic E-state index is 0.0324. The molecule has 7 heteroatoms. The SMILES string of the molecule is CN(C)S(=O)(=O)c1ccc2c(c1)C1C=CCC1C(c1c(Cl)cccc1Cl)N2. The molecule has 0 aromatic heterocycles. The summed E-state index contributed by atoms with van der Waals surface area (Å²) < 4.78 is 26.3. The van der Waals surface area contributed by atoms with E-state index >= 15 is 0 Å². The Labute approximate surface area is 169 Å². The summed E-state index contributed by atoms with van der Waals surface area (Å²) in [6.45, 7) is 0. The Bertz CT molecular complexity index is 1010. The van der Waals surface area contributed by atoms with Gasteiger partial charge in [-0.1, -0.05) is 41.4 Å². The predicted octanol–water partition coefficient (Wildman–Crippen LogP) is 5.07. The summed E-state index contributed by atoms with van der Waals surface area (Å²) in [5.74, 6) is 0.350. The molecule has 0 saturated carbocycles. The number of fused-ring (bicyclic) bond motifs is 3. The summed E-state index contributed by atoms with van der Waals surface area (Å²) >= 11 is 12.9. The van der Waals surface area contributed by atoms with Crippen molar-refractivity contribution in [3.8, 4) is 0 Å². The molecule has 0 radical (unpaired) electrons. The quantitative estimate of drug-likeness (QED) is 0.702. The second-order valence-electron chi connectivity index (χ2n) is 7.15. The third kappa shape index (κ3) is 3.07. The summed E-state index contributed by atoms with van der Waals surface area (Å²) in [4.78, 5) is 0.307. The van der Waals surface area contributed by atoms with Crippen molar-refractivity contribution < 1.29 is 8.42 Å². The van der Waals surface area contributed by atoms with Gasteiger partial charge in [-0.3, -0.25) is 0 Å². The Hall–Kier alpha value is -1.53. The first kappa shape index (κ1) is 18.8. The van der Waals surface area contributed by atoms with Crippen LogP contribution in [-0.2, 0) is 10.0 Å². The van der Waals surface area contributed by atoms with Crippen molar-refractivity contribution in [1.82, 2.24) is 4.31 Å². The van der Waals surface area contributed by atoms with Gasteiger partial charge in [0.05, 0.1) is 10.9 Å². The highest BCUT2D eigenvalue weighted by atomic mass is 35.5. The van der Waals surface area contributed by atoms with Crippen molar-refractivity contribution in [2.24, 2.45) is 5.92 Å². The standard InChI is InChI=1S/C20H20Cl2N2O2S/c1-24(2)27(25,26)12-9-10-18-15(11-12)13-5-3-6-14(13)20(23-18)19-16(21)7-4-8-17(19)22/h3-5,7-11,13-14,20,23H,6H2,1-2H3. The number of rotatable bonds is 3. The molecule has 2 aromatic rings. The van der Waals surface area contributed by atoms with Crippen LogP contribution in [-0.4, -0.2) is 26.8 Å². The smallest absolute Gasteiger partial charge is 0.242 e. The van der Waals surface area contributed by atoms with E-state index in [0.717, 1.165) is 23.2 Å². The highest BCUT2D eigenvalue weighted by Crippen LogP contribution is 2.52. The van der Waals surface area contributed by atoms with Crippen molar-refractivity contribution in [1.29, 1.82) is 0 Å². The largest absolute Gasteiger partial charge is 0.378 e. The highest BCUT2D eigenvalue weighted by molar-refractivity contribution is 7.89. The van der Waals surface area contributed by atoms with E-state index in [1.807, 2.05) is 24.3 Å². The zero-order valence-electron chi connectivity index (χ0n) is 15.0. The van der Waals surface area contributed by atoms with Gasteiger partial charge in [0.2, 0.25) is 10.0 Å². The van der Waals surface area contributed by atoms with E-state index in [-0.39, 0.29) is 17.9 Å². The van der Waals surface area contributed by atoms with Crippen LogP contribution in [0.1, 0.15) is 29.5 Å². The van der Waals surface area contributed by atoms with E-state index < -0.39 is 10.0 Å². The Morgan fingerprint density at radius 1 is 1.11 bits per heavy atom. The lowest BCUT2D eigenvalue weighted by molar-refractivity contribution is 0.425. The molecule has 0 amide bonds. The summed E-state index contributed by atoms with van der Waals surface area (Å²) in [6, 6.07) is 10.8. The molecule has 1 N–H and O–H groups in total. The van der Waals surface area contributed by atoms with Crippen molar-refractivity contribution in [2.45, 2.75) is 23.3 Å². The van der Waals surface area contributed by atoms with Crippen LogP contribution in [0.15, 0.2) is 53.4 Å². The van der Waals surface area contributed by atoms with Crippen LogP contribution >= 0.6 is 23.2 Å². The molecule has 2 aliphatic rings. The zero-order valence-corrected chi connectivity index (χ0v) is 17.3. The molecule has 27 heavy (non-hydrogen) atoms. The van der Waals surface area contributed by atoms with E-state index in [2.05, 4.69) is 17.5 Å². The van der Waals surface area contributed by atoms with Crippen LogP contribution in [0.4, 0.5) is 5.69 Å². The van der Waals surface area contributed by atoms with Gasteiger partial charge < -0.3 is 5.32 Å². The molecule has 1 aliphatic heterocycles. The summed E-state index contributed by atoms with van der Waals surface area (Å²) in [5.41, 5.74) is 2.81. The minimum Gasteiger partial charge on any atom is -0.378 e. The van der Waals surface area contributed by atoms with Crippen molar-refractivity contribution in [3.05, 3.63) is 69.7 Å². The summed E-state index contributed by atoms with van der Waals surface area (Å²) in [7, 11) is -0.394. The lowest BCUT2D eigenvalue weighted by atomic mass is 9.77. The number of hydrogen-bond donors (Lipinski definition) is 1. The maximum atomic E-state index is 12.5. The second-order valence-corrected chi connectivity index (χ2v) is 10.1. The Kier molecular flexibility index (Phi) is 4.75. The first-order valence-corrected chi connectivity index (χ1v) is 10.9. The van der Waals surface area contributed by atoms with Crippen molar-refractivity contribution in [2.75, 3.05) is 19.4 Å². The van der Waals surface area contributed by atoms with Crippen LogP contribution in [0.3, 0.4) is 0 Å². The maximum absolute atomic E-state index is 12.5. The van der Waals surface area contributed by atoms with E-state index in [1.165, 1.54) is 4.31 Å². The predicted molar refractivity (Wildman–Crippen MR) is 110 cm³/mol. The molecule has 142 valence electrons. The lowest BCUT2D eigenvalue weighted by Crippen LogP contribution is -2.30. The minimum atomic E-state index is -3.48. The van der Waals surface area contributed by atoms with Gasteiger partial charge in [0.15, 0.2) is 0 Å². The fourth-order valence-corrected chi connectivity index (χ4v) is 5.61. The Morgan fingerprint density at radius 2 is 1.81 bits per heavy atom. The Morgan fingerprint density at radius 3 is 2.48 bits per heavy atom. The van der Waals surface area contributed by atoms with Gasteiger partial charge in [-0.05, 0) is 48.2 Å². The third-order valence-electron chi connectivity index (χ3n) is 5.42. The molecular weight excluding hydrogens is 403 g/mol. The number of nitrogens with one attached hydrogen (secondary N) is 1. The first-order valence-electron chi connectivity index (χ1n) is 8.74. The molecular formula is C20H20Cl2N2O2S. The van der Waals surface area contributed by atoms with Crippen LogP contribution in [0.2, 0.25) is 10.0 Å². The summed E-state index contributed by atoms with van der Waals surface area (Å²) in [5, 5.41) is 4.84. The van der Waals surface area contributed by atoms with Crippen LogP contribution in [0, 0.1) is 5.92 Å². The van der Waals surface area contributed by atoms with Gasteiger partial charge >= 0.3 is 0 Å².